The molecule has 21 heavy (non-hydrogen) atoms. The molecule has 6 heteroatoms. The summed E-state index contributed by atoms with van der Waals surface area (Å²) in [5.74, 6) is -0.160. The van der Waals surface area contributed by atoms with Gasteiger partial charge >= 0.3 is 0 Å². The summed E-state index contributed by atoms with van der Waals surface area (Å²) in [4.78, 5) is 16.0. The van der Waals surface area contributed by atoms with E-state index >= 15 is 0 Å². The summed E-state index contributed by atoms with van der Waals surface area (Å²) in [6.45, 7) is 1.69. The van der Waals surface area contributed by atoms with E-state index in [1.54, 1.807) is 31.2 Å². The van der Waals surface area contributed by atoms with Crippen LogP contribution in [0.5, 0.6) is 0 Å². The number of carbonyl (C=O) groups excluding carboxylic acids is 1. The van der Waals surface area contributed by atoms with Crippen molar-refractivity contribution in [2.45, 2.75) is 6.92 Å². The lowest BCUT2D eigenvalue weighted by Crippen LogP contribution is -2.11. The third-order valence-corrected chi connectivity index (χ3v) is 2.54. The lowest BCUT2D eigenvalue weighted by molar-refractivity contribution is 0.102. The topological polar surface area (TPSA) is 67.5 Å². The lowest BCUT2D eigenvalue weighted by atomic mass is 10.2. The molecule has 0 heterocycles. The highest BCUT2D eigenvalue weighted by atomic mass is 79.9. The zero-order valence-corrected chi connectivity index (χ0v) is 13.1. The second kappa shape index (κ2) is 7.54. The SMILES string of the molecule is Br.CC(N)=Nc1ccc(C(=O)Nc2ccc(F)cc2)cc1. The summed E-state index contributed by atoms with van der Waals surface area (Å²) in [5.41, 5.74) is 7.19. The molecular formula is C15H15BrFN3O. The van der Waals surface area contributed by atoms with Gasteiger partial charge < -0.3 is 11.1 Å². The molecular weight excluding hydrogens is 337 g/mol. The van der Waals surface area contributed by atoms with Gasteiger partial charge in [-0.1, -0.05) is 0 Å². The molecule has 0 saturated heterocycles. The first kappa shape index (κ1) is 16.8. The van der Waals surface area contributed by atoms with Crippen LogP contribution in [0.1, 0.15) is 17.3 Å². The van der Waals surface area contributed by atoms with E-state index < -0.39 is 0 Å². The molecule has 0 aliphatic carbocycles. The summed E-state index contributed by atoms with van der Waals surface area (Å²) in [6.07, 6.45) is 0. The highest BCUT2D eigenvalue weighted by Crippen LogP contribution is 2.15. The van der Waals surface area contributed by atoms with Crippen LogP contribution in [0.4, 0.5) is 15.8 Å². The van der Waals surface area contributed by atoms with Crippen molar-refractivity contribution in [1.29, 1.82) is 0 Å². The van der Waals surface area contributed by atoms with Crippen LogP contribution in [-0.2, 0) is 0 Å². The molecule has 0 fully saturated rings. The van der Waals surface area contributed by atoms with Gasteiger partial charge in [0, 0.05) is 11.3 Å². The maximum atomic E-state index is 12.8. The van der Waals surface area contributed by atoms with E-state index in [-0.39, 0.29) is 28.7 Å². The third-order valence-electron chi connectivity index (χ3n) is 2.54. The number of halogens is 2. The number of nitrogens with one attached hydrogen (secondary N) is 1. The third kappa shape index (κ3) is 5.00. The molecule has 0 aliphatic rings. The Morgan fingerprint density at radius 2 is 1.67 bits per heavy atom. The number of nitrogens with zero attached hydrogens (tertiary/aromatic N) is 1. The Kier molecular flexibility index (Phi) is 6.05. The standard InChI is InChI=1S/C15H14FN3O.BrH/c1-10(17)18-13-6-2-11(3-7-13)15(20)19-14-8-4-12(16)5-9-14;/h2-9H,1H3,(H2,17,18)(H,19,20);1H. The lowest BCUT2D eigenvalue weighted by Gasteiger charge is -2.05. The van der Waals surface area contributed by atoms with Crippen molar-refractivity contribution < 1.29 is 9.18 Å². The monoisotopic (exact) mass is 351 g/mol. The van der Waals surface area contributed by atoms with Crippen LogP contribution in [0.2, 0.25) is 0 Å². The van der Waals surface area contributed by atoms with E-state index in [2.05, 4.69) is 10.3 Å². The van der Waals surface area contributed by atoms with E-state index in [0.29, 0.717) is 22.8 Å². The number of amides is 1. The highest BCUT2D eigenvalue weighted by molar-refractivity contribution is 8.93. The van der Waals surface area contributed by atoms with Crippen molar-refractivity contribution in [2.24, 2.45) is 10.7 Å². The zero-order chi connectivity index (χ0) is 14.5. The molecule has 110 valence electrons. The predicted octanol–water partition coefficient (Wildman–Crippen LogP) is 3.66. The van der Waals surface area contributed by atoms with Crippen LogP contribution in [0.25, 0.3) is 0 Å². The minimum atomic E-state index is -0.345. The van der Waals surface area contributed by atoms with Crippen LogP contribution in [-0.4, -0.2) is 11.7 Å². The molecule has 2 aromatic rings. The largest absolute Gasteiger partial charge is 0.387 e. The van der Waals surface area contributed by atoms with E-state index in [1.807, 2.05) is 0 Å². The van der Waals surface area contributed by atoms with Crippen LogP contribution in [0.15, 0.2) is 53.5 Å². The molecule has 0 spiro atoms. The average Bonchev–Trinajstić information content (AvgIpc) is 2.41. The fourth-order valence-electron chi connectivity index (χ4n) is 1.63. The molecule has 0 aliphatic heterocycles. The molecule has 2 aromatic carbocycles. The minimum absolute atomic E-state index is 0. The van der Waals surface area contributed by atoms with Crippen LogP contribution >= 0.6 is 17.0 Å². The van der Waals surface area contributed by atoms with Gasteiger partial charge in [0.15, 0.2) is 0 Å². The van der Waals surface area contributed by atoms with Gasteiger partial charge in [-0.3, -0.25) is 4.79 Å². The predicted molar refractivity (Wildman–Crippen MR) is 88.1 cm³/mol. The molecule has 1 amide bonds. The van der Waals surface area contributed by atoms with Gasteiger partial charge in [-0.25, -0.2) is 9.38 Å². The fourth-order valence-corrected chi connectivity index (χ4v) is 1.63. The smallest absolute Gasteiger partial charge is 0.255 e. The van der Waals surface area contributed by atoms with Crippen molar-refractivity contribution in [3.8, 4) is 0 Å². The number of carbonyl (C=O) groups is 1. The number of aliphatic imine (C=N–C) groups is 1. The summed E-state index contributed by atoms with van der Waals surface area (Å²) < 4.78 is 12.8. The van der Waals surface area contributed by atoms with Crippen LogP contribution < -0.4 is 11.1 Å². The number of hydrogen-bond donors (Lipinski definition) is 2. The van der Waals surface area contributed by atoms with E-state index in [1.165, 1.54) is 24.3 Å². The van der Waals surface area contributed by atoms with Crippen LogP contribution in [0.3, 0.4) is 0 Å². The maximum absolute atomic E-state index is 12.8. The van der Waals surface area contributed by atoms with Gasteiger partial charge in [-0.05, 0) is 55.5 Å². The molecule has 3 N–H and O–H groups in total. The molecule has 0 atom stereocenters. The molecule has 4 nitrogen and oxygen atoms in total. The molecule has 0 radical (unpaired) electrons. The minimum Gasteiger partial charge on any atom is -0.387 e. The average molecular weight is 352 g/mol. The Balaban J connectivity index is 0.00000220. The summed E-state index contributed by atoms with van der Waals surface area (Å²) in [6, 6.07) is 12.3. The van der Waals surface area contributed by atoms with Crippen molar-refractivity contribution >= 4 is 40.1 Å². The molecule has 0 unspecified atom stereocenters. The first-order chi connectivity index (χ1) is 9.54. The molecule has 0 saturated carbocycles. The molecule has 0 aromatic heterocycles. The number of rotatable bonds is 3. The van der Waals surface area contributed by atoms with E-state index in [0.717, 1.165) is 0 Å². The van der Waals surface area contributed by atoms with Crippen molar-refractivity contribution in [1.82, 2.24) is 0 Å². The Labute approximate surface area is 132 Å². The number of anilines is 1. The van der Waals surface area contributed by atoms with E-state index in [4.69, 9.17) is 5.73 Å². The van der Waals surface area contributed by atoms with Gasteiger partial charge in [0.25, 0.3) is 5.91 Å². The summed E-state index contributed by atoms with van der Waals surface area (Å²) >= 11 is 0. The quantitative estimate of drug-likeness (QED) is 0.654. The van der Waals surface area contributed by atoms with Gasteiger partial charge in [0.2, 0.25) is 0 Å². The van der Waals surface area contributed by atoms with E-state index in [9.17, 15) is 9.18 Å². The number of benzene rings is 2. The normalized spacial score (nSPS) is 10.7. The summed E-state index contributed by atoms with van der Waals surface area (Å²) in [5, 5.41) is 2.68. The van der Waals surface area contributed by atoms with Gasteiger partial charge in [-0.15, -0.1) is 17.0 Å². The van der Waals surface area contributed by atoms with Crippen molar-refractivity contribution in [3.63, 3.8) is 0 Å². The Bertz CT molecular complexity index is 635. The molecule has 2 rings (SSSR count). The fraction of sp³-hybridized carbons (Fsp3) is 0.0667. The Morgan fingerprint density at radius 1 is 1.10 bits per heavy atom. The van der Waals surface area contributed by atoms with Crippen molar-refractivity contribution in [2.75, 3.05) is 5.32 Å². The van der Waals surface area contributed by atoms with Crippen molar-refractivity contribution in [3.05, 3.63) is 59.9 Å². The number of hydrogen-bond acceptors (Lipinski definition) is 2. The van der Waals surface area contributed by atoms with Gasteiger partial charge in [-0.2, -0.15) is 0 Å². The first-order valence-electron chi connectivity index (χ1n) is 6.02. The van der Waals surface area contributed by atoms with Gasteiger partial charge in [0.05, 0.1) is 11.5 Å². The number of amidine groups is 1. The second-order valence-corrected chi connectivity index (χ2v) is 4.26. The summed E-state index contributed by atoms with van der Waals surface area (Å²) in [7, 11) is 0. The first-order valence-corrected chi connectivity index (χ1v) is 6.02. The Hall–Kier alpha value is -2.21. The second-order valence-electron chi connectivity index (χ2n) is 4.26. The number of nitrogens with two attached hydrogens (primary N) is 1. The maximum Gasteiger partial charge on any atom is 0.255 e. The Morgan fingerprint density at radius 3 is 2.19 bits per heavy atom. The highest BCUT2D eigenvalue weighted by Gasteiger charge is 2.05. The zero-order valence-electron chi connectivity index (χ0n) is 11.3. The van der Waals surface area contributed by atoms with Crippen LogP contribution in [0, 0.1) is 5.82 Å². The van der Waals surface area contributed by atoms with Gasteiger partial charge in [0.1, 0.15) is 5.82 Å². The molecule has 0 bridgehead atoms.